The van der Waals surface area contributed by atoms with Crippen molar-refractivity contribution in [2.24, 2.45) is 5.10 Å². The molecule has 1 fully saturated rings. The van der Waals surface area contributed by atoms with Crippen molar-refractivity contribution < 1.29 is 9.53 Å². The Balaban J connectivity index is 1.23. The van der Waals surface area contributed by atoms with E-state index >= 15 is 0 Å². The van der Waals surface area contributed by atoms with Crippen LogP contribution in [0.5, 0.6) is 0 Å². The average Bonchev–Trinajstić information content (AvgIpc) is 3.41. The Bertz CT molecular complexity index is 1390. The molecule has 2 aromatic carbocycles. The minimum absolute atomic E-state index is 0.0493. The van der Waals surface area contributed by atoms with Crippen LogP contribution in [0.4, 0.5) is 17.2 Å². The minimum atomic E-state index is -0.0493. The molecule has 6 rings (SSSR count). The summed E-state index contributed by atoms with van der Waals surface area (Å²) < 4.78 is 7.22. The molecule has 2 aliphatic rings. The number of hydrogen-bond donors (Lipinski definition) is 2. The molecule has 0 radical (unpaired) electrons. The first-order valence-electron chi connectivity index (χ1n) is 11.6. The summed E-state index contributed by atoms with van der Waals surface area (Å²) in [5.41, 5.74) is 8.94. The molecule has 1 saturated heterocycles. The highest BCUT2D eigenvalue weighted by Gasteiger charge is 2.16. The number of hydrazone groups is 1. The van der Waals surface area contributed by atoms with Gasteiger partial charge in [0.05, 0.1) is 30.8 Å². The number of nitrogens with zero attached hydrogens (tertiary/aromatic N) is 6. The number of carbonyl (C=O) groups excluding carboxylic acids is 1. The lowest BCUT2D eigenvalue weighted by atomic mass is 10.0. The fourth-order valence-electron chi connectivity index (χ4n) is 4.33. The first kappa shape index (κ1) is 21.2. The van der Waals surface area contributed by atoms with E-state index in [4.69, 9.17) is 4.74 Å². The summed E-state index contributed by atoms with van der Waals surface area (Å²) in [5, 5.41) is 12.0. The lowest BCUT2D eigenvalue weighted by Crippen LogP contribution is -2.36. The van der Waals surface area contributed by atoms with Crippen molar-refractivity contribution in [3.05, 3.63) is 66.6 Å². The molecule has 4 aromatic rings. The monoisotopic (exact) mass is 468 g/mol. The van der Waals surface area contributed by atoms with Gasteiger partial charge in [-0.15, -0.1) is 0 Å². The average molecular weight is 469 g/mol. The standard InChI is InChI=1S/C25H24N8O2/c34-23-10-9-21(30-31-23)17-1-3-18(4-2-17)22-15-26-24(25-27-16-28-33(22)25)29-19-5-7-20(8-6-19)32-11-13-35-14-12-32/h1-8,15-16H,9-14H2,(H,26,29)(H,31,34). The zero-order chi connectivity index (χ0) is 23.6. The van der Waals surface area contributed by atoms with Crippen molar-refractivity contribution in [2.75, 3.05) is 36.5 Å². The van der Waals surface area contributed by atoms with Crippen LogP contribution in [0, 0.1) is 0 Å². The van der Waals surface area contributed by atoms with E-state index in [0.29, 0.717) is 24.3 Å². The minimum Gasteiger partial charge on any atom is -0.378 e. The molecule has 10 nitrogen and oxygen atoms in total. The van der Waals surface area contributed by atoms with Gasteiger partial charge in [-0.1, -0.05) is 24.3 Å². The highest BCUT2D eigenvalue weighted by Crippen LogP contribution is 2.26. The zero-order valence-electron chi connectivity index (χ0n) is 19.0. The summed E-state index contributed by atoms with van der Waals surface area (Å²) in [6.45, 7) is 3.33. The number of fused-ring (bicyclic) bond motifs is 1. The smallest absolute Gasteiger partial charge is 0.240 e. The number of benzene rings is 2. The van der Waals surface area contributed by atoms with Gasteiger partial charge < -0.3 is 15.0 Å². The van der Waals surface area contributed by atoms with Crippen LogP contribution in [0.15, 0.2) is 66.2 Å². The summed E-state index contributed by atoms with van der Waals surface area (Å²) in [5.74, 6) is 0.584. The molecule has 0 unspecified atom stereocenters. The normalized spacial score (nSPS) is 16.2. The van der Waals surface area contributed by atoms with Crippen molar-refractivity contribution in [1.29, 1.82) is 0 Å². The Labute approximate surface area is 201 Å². The third-order valence-electron chi connectivity index (χ3n) is 6.23. The molecule has 35 heavy (non-hydrogen) atoms. The number of aromatic nitrogens is 4. The molecule has 10 heteroatoms. The molecule has 0 aliphatic carbocycles. The van der Waals surface area contributed by atoms with Crippen molar-refractivity contribution in [3.8, 4) is 11.3 Å². The van der Waals surface area contributed by atoms with Crippen LogP contribution in [0.3, 0.4) is 0 Å². The third-order valence-corrected chi connectivity index (χ3v) is 6.23. The summed E-state index contributed by atoms with van der Waals surface area (Å²) >= 11 is 0. The predicted molar refractivity (Wildman–Crippen MR) is 133 cm³/mol. The summed E-state index contributed by atoms with van der Waals surface area (Å²) in [4.78, 5) is 22.8. The number of nitrogens with one attached hydrogen (secondary N) is 2. The van der Waals surface area contributed by atoms with Gasteiger partial charge in [0.15, 0.2) is 11.5 Å². The van der Waals surface area contributed by atoms with Crippen molar-refractivity contribution in [2.45, 2.75) is 12.8 Å². The van der Waals surface area contributed by atoms with Crippen LogP contribution >= 0.6 is 0 Å². The molecule has 2 aliphatic heterocycles. The fraction of sp³-hybridized carbons (Fsp3) is 0.240. The van der Waals surface area contributed by atoms with Gasteiger partial charge in [0.25, 0.3) is 0 Å². The third kappa shape index (κ3) is 4.31. The molecular formula is C25H24N8O2. The lowest BCUT2D eigenvalue weighted by molar-refractivity contribution is -0.121. The van der Waals surface area contributed by atoms with E-state index < -0.39 is 0 Å². The Morgan fingerprint density at radius 1 is 0.914 bits per heavy atom. The molecule has 0 atom stereocenters. The van der Waals surface area contributed by atoms with Crippen molar-refractivity contribution in [3.63, 3.8) is 0 Å². The van der Waals surface area contributed by atoms with Crippen LogP contribution in [0.1, 0.15) is 18.4 Å². The van der Waals surface area contributed by atoms with Gasteiger partial charge in [0.2, 0.25) is 5.91 Å². The SMILES string of the molecule is O=C1CCC(c2ccc(-c3cnc(Nc4ccc(N5CCOCC5)cc4)c4ncnn34)cc2)=NN1. The van der Waals surface area contributed by atoms with Gasteiger partial charge in [-0.05, 0) is 29.8 Å². The molecule has 0 saturated carbocycles. The highest BCUT2D eigenvalue weighted by atomic mass is 16.5. The highest BCUT2D eigenvalue weighted by molar-refractivity contribution is 6.04. The Morgan fingerprint density at radius 2 is 1.69 bits per heavy atom. The van der Waals surface area contributed by atoms with Crippen LogP contribution in [-0.2, 0) is 9.53 Å². The zero-order valence-corrected chi connectivity index (χ0v) is 19.0. The quantitative estimate of drug-likeness (QED) is 0.463. The van der Waals surface area contributed by atoms with E-state index in [1.54, 1.807) is 10.7 Å². The molecule has 2 aromatic heterocycles. The topological polar surface area (TPSA) is 109 Å². The van der Waals surface area contributed by atoms with Crippen LogP contribution in [0.2, 0.25) is 0 Å². The van der Waals surface area contributed by atoms with Crippen LogP contribution in [-0.4, -0.2) is 57.5 Å². The van der Waals surface area contributed by atoms with Gasteiger partial charge in [0.1, 0.15) is 6.33 Å². The number of amides is 1. The van der Waals surface area contributed by atoms with E-state index in [-0.39, 0.29) is 5.91 Å². The van der Waals surface area contributed by atoms with E-state index in [1.807, 2.05) is 36.4 Å². The molecule has 2 N–H and O–H groups in total. The first-order chi connectivity index (χ1) is 17.2. The number of carbonyl (C=O) groups is 1. The van der Waals surface area contributed by atoms with Gasteiger partial charge in [-0.2, -0.15) is 10.2 Å². The van der Waals surface area contributed by atoms with Gasteiger partial charge in [-0.3, -0.25) is 4.79 Å². The molecule has 1 amide bonds. The summed E-state index contributed by atoms with van der Waals surface area (Å²) in [7, 11) is 0. The molecule has 4 heterocycles. The molecular weight excluding hydrogens is 444 g/mol. The van der Waals surface area contributed by atoms with Gasteiger partial charge in [-0.25, -0.2) is 19.9 Å². The number of anilines is 3. The summed E-state index contributed by atoms with van der Waals surface area (Å²) in [6.07, 6.45) is 4.41. The molecule has 0 bridgehead atoms. The second kappa shape index (κ2) is 9.15. The van der Waals surface area contributed by atoms with E-state index in [1.165, 1.54) is 12.0 Å². The Kier molecular flexibility index (Phi) is 5.55. The number of ether oxygens (including phenoxy) is 1. The predicted octanol–water partition coefficient (Wildman–Crippen LogP) is 2.99. The van der Waals surface area contributed by atoms with E-state index in [0.717, 1.165) is 54.5 Å². The van der Waals surface area contributed by atoms with Crippen LogP contribution < -0.4 is 15.6 Å². The van der Waals surface area contributed by atoms with Gasteiger partial charge in [0, 0.05) is 42.9 Å². The second-order valence-electron chi connectivity index (χ2n) is 8.43. The molecule has 0 spiro atoms. The second-order valence-corrected chi connectivity index (χ2v) is 8.43. The number of rotatable bonds is 5. The number of hydrogen-bond acceptors (Lipinski definition) is 8. The molecule has 176 valence electrons. The van der Waals surface area contributed by atoms with Crippen molar-refractivity contribution in [1.82, 2.24) is 25.0 Å². The maximum absolute atomic E-state index is 11.3. The maximum Gasteiger partial charge on any atom is 0.240 e. The van der Waals surface area contributed by atoms with E-state index in [9.17, 15) is 4.79 Å². The van der Waals surface area contributed by atoms with Crippen LogP contribution in [0.25, 0.3) is 16.9 Å². The van der Waals surface area contributed by atoms with Crippen molar-refractivity contribution >= 4 is 34.5 Å². The van der Waals surface area contributed by atoms with Gasteiger partial charge >= 0.3 is 0 Å². The summed E-state index contributed by atoms with van der Waals surface area (Å²) in [6, 6.07) is 16.3. The fourth-order valence-corrected chi connectivity index (χ4v) is 4.33. The Hall–Kier alpha value is -4.31. The largest absolute Gasteiger partial charge is 0.378 e. The lowest BCUT2D eigenvalue weighted by Gasteiger charge is -2.28. The van der Waals surface area contributed by atoms with E-state index in [2.05, 4.69) is 47.9 Å². The Morgan fingerprint density at radius 3 is 2.43 bits per heavy atom. The maximum atomic E-state index is 11.3. The number of morpholine rings is 1. The first-order valence-corrected chi connectivity index (χ1v) is 11.6.